The summed E-state index contributed by atoms with van der Waals surface area (Å²) in [5.41, 5.74) is 0. The number of nitrogens with one attached hydrogen (secondary N) is 2. The molecule has 0 spiro atoms. The lowest BCUT2D eigenvalue weighted by Crippen LogP contribution is -2.37. The monoisotopic (exact) mass is 441 g/mol. The maximum atomic E-state index is 12.6. The molecule has 0 aliphatic carbocycles. The zero-order chi connectivity index (χ0) is 20.9. The van der Waals surface area contributed by atoms with E-state index in [1.807, 2.05) is 13.0 Å². The van der Waals surface area contributed by atoms with Crippen LogP contribution in [0.1, 0.15) is 5.82 Å². The van der Waals surface area contributed by atoms with Crippen LogP contribution in [0.4, 0.5) is 11.6 Å². The highest BCUT2D eigenvalue weighted by Gasteiger charge is 2.19. The highest BCUT2D eigenvalue weighted by molar-refractivity contribution is 7.89. The number of aromatic nitrogens is 2. The van der Waals surface area contributed by atoms with Gasteiger partial charge in [0.1, 0.15) is 28.1 Å². The Morgan fingerprint density at radius 2 is 1.97 bits per heavy atom. The first-order valence-electron chi connectivity index (χ1n) is 9.14. The number of rotatable bonds is 8. The highest BCUT2D eigenvalue weighted by atomic mass is 35.5. The van der Waals surface area contributed by atoms with E-state index in [1.54, 1.807) is 6.07 Å². The number of hydrogen-bond donors (Lipinski definition) is 2. The van der Waals surface area contributed by atoms with Crippen molar-refractivity contribution in [1.29, 1.82) is 0 Å². The van der Waals surface area contributed by atoms with Gasteiger partial charge in [0.15, 0.2) is 0 Å². The number of anilines is 2. The predicted molar refractivity (Wildman–Crippen MR) is 111 cm³/mol. The average Bonchev–Trinajstić information content (AvgIpc) is 2.71. The smallest absolute Gasteiger partial charge is 0.244 e. The fourth-order valence-corrected chi connectivity index (χ4v) is 4.37. The van der Waals surface area contributed by atoms with Crippen molar-refractivity contribution in [3.8, 4) is 5.75 Å². The van der Waals surface area contributed by atoms with Crippen molar-refractivity contribution in [3.05, 3.63) is 35.1 Å². The number of morpholine rings is 1. The number of sulfonamides is 1. The Morgan fingerprint density at radius 3 is 2.69 bits per heavy atom. The van der Waals surface area contributed by atoms with E-state index < -0.39 is 10.0 Å². The molecule has 2 heterocycles. The number of ether oxygens (including phenoxy) is 2. The molecular weight excluding hydrogens is 418 g/mol. The van der Waals surface area contributed by atoms with Crippen LogP contribution in [-0.2, 0) is 14.8 Å². The van der Waals surface area contributed by atoms with E-state index >= 15 is 0 Å². The van der Waals surface area contributed by atoms with Crippen LogP contribution in [0.3, 0.4) is 0 Å². The SMILES string of the molecule is COc1ccc(Cl)cc1S(=O)(=O)NCCNc1cc(N2CCOCC2)nc(C)n1. The number of nitrogens with zero attached hydrogens (tertiary/aromatic N) is 3. The third kappa shape index (κ3) is 5.69. The molecule has 11 heteroatoms. The molecule has 1 fully saturated rings. The summed E-state index contributed by atoms with van der Waals surface area (Å²) in [6.07, 6.45) is 0. The van der Waals surface area contributed by atoms with E-state index in [1.165, 1.54) is 19.2 Å². The molecule has 9 nitrogen and oxygen atoms in total. The Labute approximate surface area is 175 Å². The zero-order valence-corrected chi connectivity index (χ0v) is 17.9. The summed E-state index contributed by atoms with van der Waals surface area (Å²) in [5.74, 6) is 2.34. The molecule has 1 saturated heterocycles. The third-order valence-corrected chi connectivity index (χ3v) is 6.02. The lowest BCUT2D eigenvalue weighted by Gasteiger charge is -2.28. The average molecular weight is 442 g/mol. The number of methoxy groups -OCH3 is 1. The Hall–Kier alpha value is -2.14. The molecule has 2 aromatic rings. The minimum Gasteiger partial charge on any atom is -0.495 e. The first-order chi connectivity index (χ1) is 13.9. The number of aryl methyl sites for hydroxylation is 1. The molecule has 0 unspecified atom stereocenters. The molecule has 1 aliphatic rings. The summed E-state index contributed by atoms with van der Waals surface area (Å²) >= 11 is 5.93. The summed E-state index contributed by atoms with van der Waals surface area (Å²) in [5, 5.41) is 3.45. The molecule has 29 heavy (non-hydrogen) atoms. The molecule has 1 aliphatic heterocycles. The van der Waals surface area contributed by atoms with E-state index in [-0.39, 0.29) is 17.2 Å². The minimum atomic E-state index is -3.77. The maximum absolute atomic E-state index is 12.6. The van der Waals surface area contributed by atoms with Gasteiger partial charge < -0.3 is 19.7 Å². The lowest BCUT2D eigenvalue weighted by atomic mass is 10.3. The second kappa shape index (κ2) is 9.57. The van der Waals surface area contributed by atoms with Gasteiger partial charge in [-0.15, -0.1) is 0 Å². The van der Waals surface area contributed by atoms with Crippen LogP contribution < -0.4 is 19.7 Å². The van der Waals surface area contributed by atoms with Crippen LogP contribution in [-0.4, -0.2) is 64.9 Å². The van der Waals surface area contributed by atoms with Gasteiger partial charge in [-0.2, -0.15) is 0 Å². The van der Waals surface area contributed by atoms with Crippen LogP contribution in [0.2, 0.25) is 5.02 Å². The fourth-order valence-electron chi connectivity index (χ4n) is 2.91. The predicted octanol–water partition coefficient (Wildman–Crippen LogP) is 1.67. The standard InChI is InChI=1S/C18H24ClN5O4S/c1-13-22-17(12-18(23-13)24-7-9-28-10-8-24)20-5-6-21-29(25,26)16-11-14(19)3-4-15(16)27-2/h3-4,11-12,21H,5-10H2,1-2H3,(H,20,22,23). The second-order valence-electron chi connectivity index (χ2n) is 6.38. The normalized spacial score (nSPS) is 14.7. The lowest BCUT2D eigenvalue weighted by molar-refractivity contribution is 0.122. The van der Waals surface area contributed by atoms with Gasteiger partial charge in [0, 0.05) is 37.3 Å². The van der Waals surface area contributed by atoms with Gasteiger partial charge in [0.05, 0.1) is 20.3 Å². The maximum Gasteiger partial charge on any atom is 0.244 e. The number of halogens is 1. The largest absolute Gasteiger partial charge is 0.495 e. The van der Waals surface area contributed by atoms with E-state index in [9.17, 15) is 8.42 Å². The molecule has 0 amide bonds. The van der Waals surface area contributed by atoms with E-state index in [2.05, 4.69) is 24.9 Å². The van der Waals surface area contributed by atoms with Crippen molar-refractivity contribution in [2.45, 2.75) is 11.8 Å². The van der Waals surface area contributed by atoms with Crippen LogP contribution in [0.25, 0.3) is 0 Å². The van der Waals surface area contributed by atoms with Gasteiger partial charge in [0.2, 0.25) is 10.0 Å². The van der Waals surface area contributed by atoms with Gasteiger partial charge >= 0.3 is 0 Å². The van der Waals surface area contributed by atoms with E-state index in [0.29, 0.717) is 36.4 Å². The van der Waals surface area contributed by atoms with Gasteiger partial charge in [-0.05, 0) is 25.1 Å². The summed E-state index contributed by atoms with van der Waals surface area (Å²) in [7, 11) is -2.36. The fraction of sp³-hybridized carbons (Fsp3) is 0.444. The van der Waals surface area contributed by atoms with Crippen LogP contribution >= 0.6 is 11.6 Å². The van der Waals surface area contributed by atoms with Gasteiger partial charge in [0.25, 0.3) is 0 Å². The Kier molecular flexibility index (Phi) is 7.12. The Morgan fingerprint density at radius 1 is 1.21 bits per heavy atom. The van der Waals surface area contributed by atoms with Crippen molar-refractivity contribution in [2.75, 3.05) is 56.7 Å². The topological polar surface area (TPSA) is 106 Å². The van der Waals surface area contributed by atoms with E-state index in [4.69, 9.17) is 21.1 Å². The Balaban J connectivity index is 1.60. The van der Waals surface area contributed by atoms with Crippen LogP contribution in [0, 0.1) is 6.92 Å². The molecule has 0 saturated carbocycles. The van der Waals surface area contributed by atoms with Crippen molar-refractivity contribution in [3.63, 3.8) is 0 Å². The highest BCUT2D eigenvalue weighted by Crippen LogP contribution is 2.26. The molecular formula is C18H24ClN5O4S. The molecule has 1 aromatic carbocycles. The zero-order valence-electron chi connectivity index (χ0n) is 16.3. The Bertz CT molecular complexity index is 951. The molecule has 0 radical (unpaired) electrons. The van der Waals surface area contributed by atoms with Crippen molar-refractivity contribution in [1.82, 2.24) is 14.7 Å². The molecule has 0 bridgehead atoms. The molecule has 1 aromatic heterocycles. The molecule has 2 N–H and O–H groups in total. The summed E-state index contributed by atoms with van der Waals surface area (Å²) in [6.45, 7) is 5.22. The summed E-state index contributed by atoms with van der Waals surface area (Å²) in [4.78, 5) is 11.0. The van der Waals surface area contributed by atoms with Crippen molar-refractivity contribution in [2.24, 2.45) is 0 Å². The second-order valence-corrected chi connectivity index (χ2v) is 8.55. The van der Waals surface area contributed by atoms with Crippen LogP contribution in [0.5, 0.6) is 5.75 Å². The number of hydrogen-bond acceptors (Lipinski definition) is 8. The van der Waals surface area contributed by atoms with Gasteiger partial charge in [-0.3, -0.25) is 0 Å². The summed E-state index contributed by atoms with van der Waals surface area (Å²) < 4.78 is 38.2. The minimum absolute atomic E-state index is 0.0000146. The first kappa shape index (κ1) is 21.6. The summed E-state index contributed by atoms with van der Waals surface area (Å²) in [6, 6.07) is 6.31. The van der Waals surface area contributed by atoms with Gasteiger partial charge in [-0.1, -0.05) is 11.6 Å². The van der Waals surface area contributed by atoms with Crippen molar-refractivity contribution >= 4 is 33.3 Å². The quantitative estimate of drug-likeness (QED) is 0.596. The van der Waals surface area contributed by atoms with Crippen molar-refractivity contribution < 1.29 is 17.9 Å². The van der Waals surface area contributed by atoms with Crippen LogP contribution in [0.15, 0.2) is 29.2 Å². The van der Waals surface area contributed by atoms with E-state index in [0.717, 1.165) is 18.9 Å². The van der Waals surface area contributed by atoms with Gasteiger partial charge in [-0.25, -0.2) is 23.1 Å². The molecule has 0 atom stereocenters. The first-order valence-corrected chi connectivity index (χ1v) is 11.0. The number of benzene rings is 1. The molecule has 3 rings (SSSR count). The molecule has 158 valence electrons. The third-order valence-electron chi connectivity index (χ3n) is 4.30.